The van der Waals surface area contributed by atoms with Gasteiger partial charge in [-0.1, -0.05) is 25.0 Å². The van der Waals surface area contributed by atoms with Gasteiger partial charge < -0.3 is 14.9 Å². The van der Waals surface area contributed by atoms with E-state index in [9.17, 15) is 14.7 Å². The molecule has 1 fully saturated rings. The molecule has 1 aromatic carbocycles. The van der Waals surface area contributed by atoms with Gasteiger partial charge in [0.1, 0.15) is 5.75 Å². The van der Waals surface area contributed by atoms with Gasteiger partial charge in [-0.05, 0) is 37.5 Å². The van der Waals surface area contributed by atoms with Crippen molar-refractivity contribution in [1.82, 2.24) is 0 Å². The Morgan fingerprint density at radius 3 is 2.68 bits per heavy atom. The zero-order valence-electron chi connectivity index (χ0n) is 12.7. The highest BCUT2D eigenvalue weighted by atomic mass is 16.5. The van der Waals surface area contributed by atoms with Gasteiger partial charge in [-0.3, -0.25) is 9.59 Å². The topological polar surface area (TPSA) is 83.8 Å². The molecular weight excluding hydrogens is 284 g/mol. The standard InChI is InChI=1S/C17H22O5/c1-11(16(18)19)12-6-4-7-14(9-12)22-10-13-5-2-3-8-15(13)17(20)21/h4,6-7,9,11,13,15H,2-3,5,8,10H2,1H3,(H,18,19)(H,20,21)/t11-,13-,15+/m0/s1. The van der Waals surface area contributed by atoms with E-state index in [2.05, 4.69) is 0 Å². The first-order valence-corrected chi connectivity index (χ1v) is 7.67. The van der Waals surface area contributed by atoms with Gasteiger partial charge in [0, 0.05) is 5.92 Å². The molecule has 120 valence electrons. The fourth-order valence-corrected chi connectivity index (χ4v) is 2.95. The van der Waals surface area contributed by atoms with E-state index in [1.165, 1.54) is 0 Å². The summed E-state index contributed by atoms with van der Waals surface area (Å²) in [6, 6.07) is 7.01. The normalized spacial score (nSPS) is 22.8. The van der Waals surface area contributed by atoms with Crippen LogP contribution < -0.4 is 4.74 Å². The van der Waals surface area contributed by atoms with E-state index in [1.54, 1.807) is 31.2 Å². The summed E-state index contributed by atoms with van der Waals surface area (Å²) < 4.78 is 5.74. The number of carboxylic acids is 2. The fraction of sp³-hybridized carbons (Fsp3) is 0.529. The third-order valence-corrected chi connectivity index (χ3v) is 4.42. The lowest BCUT2D eigenvalue weighted by Gasteiger charge is -2.28. The number of hydrogen-bond acceptors (Lipinski definition) is 3. The van der Waals surface area contributed by atoms with Crippen molar-refractivity contribution in [2.45, 2.75) is 38.5 Å². The second-order valence-electron chi connectivity index (χ2n) is 5.93. The van der Waals surface area contributed by atoms with E-state index >= 15 is 0 Å². The van der Waals surface area contributed by atoms with Crippen LogP contribution in [-0.4, -0.2) is 28.8 Å². The van der Waals surface area contributed by atoms with Crippen LogP contribution in [0.5, 0.6) is 5.75 Å². The number of carbonyl (C=O) groups is 2. The Kier molecular flexibility index (Phi) is 5.41. The molecule has 0 bridgehead atoms. The predicted molar refractivity (Wildman–Crippen MR) is 81.1 cm³/mol. The smallest absolute Gasteiger partial charge is 0.310 e. The van der Waals surface area contributed by atoms with Crippen LogP contribution in [0.2, 0.25) is 0 Å². The number of ether oxygens (including phenoxy) is 1. The summed E-state index contributed by atoms with van der Waals surface area (Å²) >= 11 is 0. The van der Waals surface area contributed by atoms with Gasteiger partial charge in [-0.25, -0.2) is 0 Å². The molecule has 5 heteroatoms. The summed E-state index contributed by atoms with van der Waals surface area (Å²) in [5.74, 6) is -1.94. The molecule has 0 radical (unpaired) electrons. The lowest BCUT2D eigenvalue weighted by molar-refractivity contribution is -0.145. The molecule has 2 N–H and O–H groups in total. The van der Waals surface area contributed by atoms with Gasteiger partial charge >= 0.3 is 11.9 Å². The number of benzene rings is 1. The first kappa shape index (κ1) is 16.3. The average molecular weight is 306 g/mol. The molecule has 0 amide bonds. The minimum atomic E-state index is -0.879. The van der Waals surface area contributed by atoms with Crippen LogP contribution in [-0.2, 0) is 9.59 Å². The summed E-state index contributed by atoms with van der Waals surface area (Å²) in [7, 11) is 0. The van der Waals surface area contributed by atoms with E-state index in [0.717, 1.165) is 19.3 Å². The van der Waals surface area contributed by atoms with Gasteiger partial charge in [0.05, 0.1) is 18.4 Å². The Morgan fingerprint density at radius 2 is 2.00 bits per heavy atom. The maximum atomic E-state index is 11.3. The average Bonchev–Trinajstić information content (AvgIpc) is 2.52. The fourth-order valence-electron chi connectivity index (χ4n) is 2.95. The van der Waals surface area contributed by atoms with Crippen molar-refractivity contribution in [3.8, 4) is 5.75 Å². The minimum Gasteiger partial charge on any atom is -0.493 e. The van der Waals surface area contributed by atoms with Crippen LogP contribution >= 0.6 is 0 Å². The van der Waals surface area contributed by atoms with Crippen molar-refractivity contribution >= 4 is 11.9 Å². The van der Waals surface area contributed by atoms with Crippen LogP contribution in [0.4, 0.5) is 0 Å². The Labute approximate surface area is 129 Å². The van der Waals surface area contributed by atoms with Gasteiger partial charge in [0.2, 0.25) is 0 Å². The van der Waals surface area contributed by atoms with Crippen LogP contribution in [0.3, 0.4) is 0 Å². The molecule has 5 nitrogen and oxygen atoms in total. The number of rotatable bonds is 6. The van der Waals surface area contributed by atoms with E-state index in [-0.39, 0.29) is 11.8 Å². The predicted octanol–water partition coefficient (Wildman–Crippen LogP) is 3.14. The Balaban J connectivity index is 2.00. The summed E-state index contributed by atoms with van der Waals surface area (Å²) in [5.41, 5.74) is 0.684. The zero-order chi connectivity index (χ0) is 16.1. The number of carboxylic acid groups (broad SMARTS) is 2. The van der Waals surface area contributed by atoms with Gasteiger partial charge in [-0.2, -0.15) is 0 Å². The highest BCUT2D eigenvalue weighted by molar-refractivity contribution is 5.75. The molecule has 0 saturated heterocycles. The van der Waals surface area contributed by atoms with Crippen LogP contribution in [0.15, 0.2) is 24.3 Å². The molecule has 1 saturated carbocycles. The second-order valence-corrected chi connectivity index (χ2v) is 5.93. The first-order chi connectivity index (χ1) is 10.5. The second kappa shape index (κ2) is 7.29. The van der Waals surface area contributed by atoms with Crippen molar-refractivity contribution in [3.63, 3.8) is 0 Å². The van der Waals surface area contributed by atoms with E-state index in [0.29, 0.717) is 24.3 Å². The third kappa shape index (κ3) is 4.00. The van der Waals surface area contributed by atoms with Crippen molar-refractivity contribution < 1.29 is 24.5 Å². The van der Waals surface area contributed by atoms with Crippen molar-refractivity contribution in [1.29, 1.82) is 0 Å². The first-order valence-electron chi connectivity index (χ1n) is 7.67. The third-order valence-electron chi connectivity index (χ3n) is 4.42. The van der Waals surface area contributed by atoms with Crippen LogP contribution in [0.1, 0.15) is 44.1 Å². The highest BCUT2D eigenvalue weighted by Crippen LogP contribution is 2.31. The summed E-state index contributed by atoms with van der Waals surface area (Å²) in [4.78, 5) is 22.3. The zero-order valence-corrected chi connectivity index (χ0v) is 12.7. The van der Waals surface area contributed by atoms with Gasteiger partial charge in [-0.15, -0.1) is 0 Å². The maximum absolute atomic E-state index is 11.3. The van der Waals surface area contributed by atoms with E-state index in [1.807, 2.05) is 0 Å². The van der Waals surface area contributed by atoms with Gasteiger partial charge in [0.25, 0.3) is 0 Å². The molecule has 0 unspecified atom stereocenters. The SMILES string of the molecule is C[C@H](C(=O)O)c1cccc(OC[C@@H]2CCCC[C@H]2C(=O)O)c1. The molecular formula is C17H22O5. The maximum Gasteiger partial charge on any atom is 0.310 e. The molecule has 1 aliphatic rings. The summed E-state index contributed by atoms with van der Waals surface area (Å²) in [6.45, 7) is 1.99. The largest absolute Gasteiger partial charge is 0.493 e. The highest BCUT2D eigenvalue weighted by Gasteiger charge is 2.31. The van der Waals surface area contributed by atoms with Crippen molar-refractivity contribution in [2.75, 3.05) is 6.61 Å². The molecule has 0 heterocycles. The number of hydrogen-bond donors (Lipinski definition) is 2. The van der Waals surface area contributed by atoms with Crippen LogP contribution in [0.25, 0.3) is 0 Å². The quantitative estimate of drug-likeness (QED) is 0.843. The van der Waals surface area contributed by atoms with Crippen molar-refractivity contribution in [2.24, 2.45) is 11.8 Å². The molecule has 0 aliphatic heterocycles. The molecule has 0 spiro atoms. The van der Waals surface area contributed by atoms with Crippen molar-refractivity contribution in [3.05, 3.63) is 29.8 Å². The van der Waals surface area contributed by atoms with Crippen LogP contribution in [0, 0.1) is 11.8 Å². The monoisotopic (exact) mass is 306 g/mol. The molecule has 1 aromatic rings. The Morgan fingerprint density at radius 1 is 1.27 bits per heavy atom. The molecule has 3 atom stereocenters. The van der Waals surface area contributed by atoms with E-state index in [4.69, 9.17) is 9.84 Å². The molecule has 22 heavy (non-hydrogen) atoms. The number of aliphatic carboxylic acids is 2. The molecule has 1 aliphatic carbocycles. The van der Waals surface area contributed by atoms with Gasteiger partial charge in [0.15, 0.2) is 0 Å². The Hall–Kier alpha value is -2.04. The van der Waals surface area contributed by atoms with E-state index < -0.39 is 17.9 Å². The molecule has 2 rings (SSSR count). The molecule has 0 aromatic heterocycles. The Bertz CT molecular complexity index is 540. The lowest BCUT2D eigenvalue weighted by atomic mass is 9.80. The summed E-state index contributed by atoms with van der Waals surface area (Å²) in [6.07, 6.45) is 3.56. The summed E-state index contributed by atoms with van der Waals surface area (Å²) in [5, 5.41) is 18.3. The minimum absolute atomic E-state index is 0.0202. The lowest BCUT2D eigenvalue weighted by Crippen LogP contribution is -2.31.